The highest BCUT2D eigenvalue weighted by Crippen LogP contribution is 2.46. The van der Waals surface area contributed by atoms with Crippen molar-refractivity contribution < 1.29 is 19.8 Å². The maximum absolute atomic E-state index is 13.1. The molecule has 4 N–H and O–H groups in total. The molecule has 0 spiro atoms. The number of aromatic amines is 1. The minimum absolute atomic E-state index is 0.212. The van der Waals surface area contributed by atoms with Crippen molar-refractivity contribution in [3.05, 3.63) is 70.1 Å². The number of hydrogen-bond donors (Lipinski definition) is 4. The third kappa shape index (κ3) is 2.42. The van der Waals surface area contributed by atoms with E-state index in [-0.39, 0.29) is 6.42 Å². The molecule has 3 heterocycles. The molecule has 2 aromatic heterocycles. The molecule has 10 nitrogen and oxygen atoms in total. The second-order valence-electron chi connectivity index (χ2n) is 9.12. The van der Waals surface area contributed by atoms with Crippen LogP contribution in [0, 0.1) is 0 Å². The Balaban J connectivity index is 1.72. The maximum atomic E-state index is 13.1. The lowest BCUT2D eigenvalue weighted by atomic mass is 9.96. The van der Waals surface area contributed by atoms with Crippen LogP contribution < -0.4 is 5.32 Å². The first-order valence-corrected chi connectivity index (χ1v) is 11.3. The predicted octanol–water partition coefficient (Wildman–Crippen LogP) is 3.66. The summed E-state index contributed by atoms with van der Waals surface area (Å²) in [5.41, 5.74) is 12.4. The van der Waals surface area contributed by atoms with E-state index in [2.05, 4.69) is 20.3 Å². The molecule has 1 fully saturated rings. The van der Waals surface area contributed by atoms with Crippen LogP contribution in [0.1, 0.15) is 33.2 Å². The van der Waals surface area contributed by atoms with Gasteiger partial charge in [-0.15, -0.1) is 0 Å². The zero-order valence-corrected chi connectivity index (χ0v) is 18.1. The van der Waals surface area contributed by atoms with Crippen LogP contribution in [0.2, 0.25) is 0 Å². The molecule has 0 bridgehead atoms. The third-order valence-corrected chi connectivity index (χ3v) is 7.44. The number of amides is 2. The van der Waals surface area contributed by atoms with Gasteiger partial charge in [-0.1, -0.05) is 41.5 Å². The first-order valence-electron chi connectivity index (χ1n) is 11.3. The number of H-pyrrole nitrogens is 1. The fourth-order valence-corrected chi connectivity index (χ4v) is 6.04. The van der Waals surface area contributed by atoms with Gasteiger partial charge in [0, 0.05) is 37.5 Å². The van der Waals surface area contributed by atoms with Crippen LogP contribution >= 0.6 is 0 Å². The summed E-state index contributed by atoms with van der Waals surface area (Å²) in [5.74, 6) is -0.915. The molecule has 0 saturated heterocycles. The number of nitrogens with one attached hydrogen (secondary N) is 2. The van der Waals surface area contributed by atoms with Crippen molar-refractivity contribution in [2.45, 2.75) is 30.7 Å². The van der Waals surface area contributed by atoms with Gasteiger partial charge in [0.05, 0.1) is 40.3 Å². The van der Waals surface area contributed by atoms with E-state index >= 15 is 0 Å². The zero-order chi connectivity index (χ0) is 24.0. The summed E-state index contributed by atoms with van der Waals surface area (Å²) in [6.07, 6.45) is -2.22. The van der Waals surface area contributed by atoms with Crippen molar-refractivity contribution in [2.75, 3.05) is 0 Å². The number of hydrogen-bond acceptors (Lipinski definition) is 5. The first kappa shape index (κ1) is 20.0. The largest absolute Gasteiger partial charge is 0.390 e. The number of carbonyl (C=O) groups is 2. The number of carbonyl (C=O) groups excluding carboxylic acids is 2. The molecule has 172 valence electrons. The lowest BCUT2D eigenvalue weighted by Gasteiger charge is -2.21. The molecule has 0 radical (unpaired) electrons. The highest BCUT2D eigenvalue weighted by molar-refractivity contribution is 6.39. The molecule has 2 amide bonds. The summed E-state index contributed by atoms with van der Waals surface area (Å²) >= 11 is 0. The van der Waals surface area contributed by atoms with E-state index in [0.29, 0.717) is 32.9 Å². The van der Waals surface area contributed by atoms with Gasteiger partial charge in [0.1, 0.15) is 6.10 Å². The topological polar surface area (TPSA) is 156 Å². The second-order valence-corrected chi connectivity index (χ2v) is 9.12. The van der Waals surface area contributed by atoms with Crippen LogP contribution in [0.5, 0.6) is 0 Å². The fraction of sp³-hybridized carbons (Fsp3) is 0.200. The van der Waals surface area contributed by atoms with Gasteiger partial charge in [0.15, 0.2) is 0 Å². The van der Waals surface area contributed by atoms with Crippen LogP contribution in [0.4, 0.5) is 0 Å². The minimum atomic E-state index is -1.23. The summed E-state index contributed by atoms with van der Waals surface area (Å²) in [6, 6.07) is 13.6. The third-order valence-electron chi connectivity index (χ3n) is 7.44. The van der Waals surface area contributed by atoms with Crippen LogP contribution in [-0.4, -0.2) is 49.8 Å². The number of azide groups is 1. The van der Waals surface area contributed by atoms with Crippen molar-refractivity contribution in [3.8, 4) is 0 Å². The molecule has 1 saturated carbocycles. The van der Waals surface area contributed by atoms with E-state index in [1.54, 1.807) is 0 Å². The Morgan fingerprint density at radius 1 is 0.943 bits per heavy atom. The average molecular weight is 466 g/mol. The molecule has 1 unspecified atom stereocenters. The van der Waals surface area contributed by atoms with Gasteiger partial charge < -0.3 is 19.8 Å². The van der Waals surface area contributed by atoms with Gasteiger partial charge in [-0.05, 0) is 24.1 Å². The maximum Gasteiger partial charge on any atom is 0.259 e. The quantitative estimate of drug-likeness (QED) is 0.136. The number of rotatable bonds is 2. The van der Waals surface area contributed by atoms with Gasteiger partial charge in [-0.2, -0.15) is 0 Å². The van der Waals surface area contributed by atoms with Crippen molar-refractivity contribution >= 4 is 55.4 Å². The van der Waals surface area contributed by atoms with Gasteiger partial charge in [0.2, 0.25) is 0 Å². The molecular formula is C25H18N6O4. The number of para-hydroxylation sites is 2. The van der Waals surface area contributed by atoms with Crippen molar-refractivity contribution in [1.29, 1.82) is 0 Å². The number of aromatic nitrogens is 2. The first-order chi connectivity index (χ1) is 17.0. The monoisotopic (exact) mass is 466 g/mol. The van der Waals surface area contributed by atoms with E-state index in [4.69, 9.17) is 5.53 Å². The number of aliphatic hydroxyl groups is 2. The summed E-state index contributed by atoms with van der Waals surface area (Å²) in [6.45, 7) is 0. The van der Waals surface area contributed by atoms with Crippen molar-refractivity contribution in [1.82, 2.24) is 14.9 Å². The number of fused-ring (bicyclic) bond motifs is 10. The van der Waals surface area contributed by atoms with E-state index in [1.807, 2.05) is 53.1 Å². The summed E-state index contributed by atoms with van der Waals surface area (Å²) in [4.78, 5) is 32.4. The Kier molecular flexibility index (Phi) is 3.91. The minimum Gasteiger partial charge on any atom is -0.390 e. The van der Waals surface area contributed by atoms with E-state index < -0.39 is 36.1 Å². The molecule has 3 aromatic carbocycles. The number of nitrogens with zero attached hydrogens (tertiary/aromatic N) is 4. The molecule has 1 aliphatic heterocycles. The normalized spacial score (nSPS) is 23.9. The molecular weight excluding hydrogens is 448 g/mol. The molecule has 1 aliphatic carbocycles. The van der Waals surface area contributed by atoms with Crippen LogP contribution in [0.15, 0.2) is 53.6 Å². The molecule has 7 rings (SSSR count). The summed E-state index contributed by atoms with van der Waals surface area (Å²) in [7, 11) is 0. The van der Waals surface area contributed by atoms with E-state index in [1.165, 1.54) is 0 Å². The second kappa shape index (κ2) is 6.83. The molecule has 5 aromatic rings. The zero-order valence-electron chi connectivity index (χ0n) is 18.1. The lowest BCUT2D eigenvalue weighted by Crippen LogP contribution is -2.30. The van der Waals surface area contributed by atoms with Gasteiger partial charge in [0.25, 0.3) is 11.8 Å². The Bertz CT molecular complexity index is 1810. The van der Waals surface area contributed by atoms with Crippen LogP contribution in [0.3, 0.4) is 0 Å². The smallest absolute Gasteiger partial charge is 0.259 e. The highest BCUT2D eigenvalue weighted by Gasteiger charge is 2.44. The molecule has 10 heteroatoms. The Labute approximate surface area is 196 Å². The average Bonchev–Trinajstić information content (AvgIpc) is 3.56. The standard InChI is InChI=1S/C25H18N6O4/c26-30-29-13-9-15(23(33)22(13)32)31-14-8-4-2-6-11(14)17-19-18(24(34)28-25(19)35)16-10-5-1-3-7-12(10)27-20(16)21(17)31/h1-8,13,15,22-23,27,32-33H,9H2,(H,28,34,35)/t13-,15?,22-,23+/m1/s1. The van der Waals surface area contributed by atoms with E-state index in [9.17, 15) is 19.8 Å². The lowest BCUT2D eigenvalue weighted by molar-refractivity contribution is 0.0196. The Morgan fingerprint density at radius 2 is 1.63 bits per heavy atom. The van der Waals surface area contributed by atoms with Gasteiger partial charge in [-0.3, -0.25) is 14.9 Å². The molecule has 2 aliphatic rings. The Morgan fingerprint density at radius 3 is 2.40 bits per heavy atom. The number of aliphatic hydroxyl groups excluding tert-OH is 2. The fourth-order valence-electron chi connectivity index (χ4n) is 6.04. The highest BCUT2D eigenvalue weighted by atomic mass is 16.3. The number of benzene rings is 3. The van der Waals surface area contributed by atoms with Crippen molar-refractivity contribution in [3.63, 3.8) is 0 Å². The Hall–Kier alpha value is -4.37. The summed E-state index contributed by atoms with van der Waals surface area (Å²) < 4.78 is 1.92. The molecule has 35 heavy (non-hydrogen) atoms. The van der Waals surface area contributed by atoms with Gasteiger partial charge >= 0.3 is 0 Å². The van der Waals surface area contributed by atoms with Crippen molar-refractivity contribution in [2.24, 2.45) is 5.11 Å². The predicted molar refractivity (Wildman–Crippen MR) is 129 cm³/mol. The van der Waals surface area contributed by atoms with Crippen LogP contribution in [-0.2, 0) is 0 Å². The number of imide groups is 1. The molecule has 4 atom stereocenters. The van der Waals surface area contributed by atoms with Crippen LogP contribution in [0.25, 0.3) is 54.1 Å². The van der Waals surface area contributed by atoms with Gasteiger partial charge in [-0.25, -0.2) is 0 Å². The van der Waals surface area contributed by atoms with E-state index in [0.717, 1.165) is 21.8 Å². The summed E-state index contributed by atoms with van der Waals surface area (Å²) in [5, 5.41) is 30.6. The SMILES string of the molecule is [N-]=[N+]=N[C@@H]1CC(n2c3ccccc3c3c4c(c5c6ccccc6[nH]c5c32)C(=O)NC4=O)[C@H](O)[C@@H]1O.